The molecule has 1 aromatic heterocycles. The molecule has 4 N–H and O–H groups in total. The fourth-order valence-corrected chi connectivity index (χ4v) is 1.25. The van der Waals surface area contributed by atoms with E-state index in [4.69, 9.17) is 18.0 Å². The van der Waals surface area contributed by atoms with Crippen LogP contribution in [0, 0.1) is 0 Å². The Morgan fingerprint density at radius 3 is 2.94 bits per heavy atom. The summed E-state index contributed by atoms with van der Waals surface area (Å²) in [7, 11) is 0. The van der Waals surface area contributed by atoms with Gasteiger partial charge in [-0.05, 0) is 6.07 Å². The van der Waals surface area contributed by atoms with E-state index in [1.807, 2.05) is 0 Å². The number of amides is 1. The minimum Gasteiger partial charge on any atom is -0.389 e. The van der Waals surface area contributed by atoms with E-state index in [0.717, 1.165) is 0 Å². The van der Waals surface area contributed by atoms with E-state index < -0.39 is 0 Å². The third kappa shape index (κ3) is 3.77. The van der Waals surface area contributed by atoms with Crippen molar-refractivity contribution in [2.24, 2.45) is 5.73 Å². The number of hydrogen-bond acceptors (Lipinski definition) is 5. The average Bonchev–Trinajstić information content (AvgIpc) is 2.24. The van der Waals surface area contributed by atoms with Gasteiger partial charge < -0.3 is 16.4 Å². The molecule has 0 atom stereocenters. The van der Waals surface area contributed by atoms with E-state index >= 15 is 0 Å². The summed E-state index contributed by atoms with van der Waals surface area (Å²) in [5.74, 6) is 0.455. The first-order chi connectivity index (χ1) is 7.61. The van der Waals surface area contributed by atoms with Crippen LogP contribution in [0.5, 0.6) is 0 Å². The quantitative estimate of drug-likeness (QED) is 0.481. The number of hydrogen-bond donors (Lipinski definition) is 3. The molecule has 0 unspecified atom stereocenters. The smallest absolute Gasteiger partial charge is 0.216 e. The second kappa shape index (κ2) is 5.96. The summed E-state index contributed by atoms with van der Waals surface area (Å²) in [6.45, 7) is 2.50. The monoisotopic (exact) mass is 239 g/mol. The van der Waals surface area contributed by atoms with Crippen LogP contribution in [-0.4, -0.2) is 34.2 Å². The van der Waals surface area contributed by atoms with Gasteiger partial charge in [-0.2, -0.15) is 5.10 Å². The highest BCUT2D eigenvalue weighted by Crippen LogP contribution is 2.08. The Bertz CT molecular complexity index is 395. The summed E-state index contributed by atoms with van der Waals surface area (Å²) in [4.78, 5) is 10.9. The highest BCUT2D eigenvalue weighted by molar-refractivity contribution is 7.80. The molecule has 1 amide bonds. The maximum absolute atomic E-state index is 10.6. The summed E-state index contributed by atoms with van der Waals surface area (Å²) in [6, 6.07) is 1.69. The zero-order valence-electron chi connectivity index (χ0n) is 8.86. The highest BCUT2D eigenvalue weighted by Gasteiger charge is 2.05. The zero-order chi connectivity index (χ0) is 12.0. The van der Waals surface area contributed by atoms with Crippen molar-refractivity contribution in [3.8, 4) is 0 Å². The molecule has 0 bridgehead atoms. The van der Waals surface area contributed by atoms with Gasteiger partial charge in [0.15, 0.2) is 5.82 Å². The lowest BCUT2D eigenvalue weighted by molar-refractivity contribution is -0.118. The van der Waals surface area contributed by atoms with Gasteiger partial charge in [0.1, 0.15) is 4.99 Å². The van der Waals surface area contributed by atoms with E-state index in [-0.39, 0.29) is 10.9 Å². The topological polar surface area (TPSA) is 92.9 Å². The van der Waals surface area contributed by atoms with Crippen LogP contribution in [0.25, 0.3) is 0 Å². The van der Waals surface area contributed by atoms with Crippen LogP contribution >= 0.6 is 12.2 Å². The molecule has 16 heavy (non-hydrogen) atoms. The molecule has 0 aliphatic heterocycles. The Morgan fingerprint density at radius 1 is 1.56 bits per heavy atom. The molecule has 1 heterocycles. The van der Waals surface area contributed by atoms with E-state index in [1.165, 1.54) is 13.1 Å². The lowest BCUT2D eigenvalue weighted by atomic mass is 10.3. The zero-order valence-corrected chi connectivity index (χ0v) is 9.67. The number of aromatic nitrogens is 2. The molecule has 86 valence electrons. The molecule has 7 heteroatoms. The molecule has 0 aliphatic rings. The van der Waals surface area contributed by atoms with Crippen molar-refractivity contribution < 1.29 is 4.79 Å². The van der Waals surface area contributed by atoms with Crippen molar-refractivity contribution in [2.45, 2.75) is 6.92 Å². The van der Waals surface area contributed by atoms with Crippen LogP contribution in [0.15, 0.2) is 12.3 Å². The van der Waals surface area contributed by atoms with E-state index in [2.05, 4.69) is 20.8 Å². The second-order valence-electron chi connectivity index (χ2n) is 3.07. The van der Waals surface area contributed by atoms with Gasteiger partial charge in [-0.3, -0.25) is 4.79 Å². The van der Waals surface area contributed by atoms with Crippen LogP contribution in [0.2, 0.25) is 0 Å². The van der Waals surface area contributed by atoms with Crippen molar-refractivity contribution in [1.82, 2.24) is 15.5 Å². The molecule has 0 aromatic carbocycles. The van der Waals surface area contributed by atoms with E-state index in [1.54, 1.807) is 6.07 Å². The first-order valence-corrected chi connectivity index (χ1v) is 5.12. The van der Waals surface area contributed by atoms with Gasteiger partial charge in [-0.1, -0.05) is 12.2 Å². The van der Waals surface area contributed by atoms with Crippen molar-refractivity contribution in [3.05, 3.63) is 17.8 Å². The molecule has 0 aliphatic carbocycles. The Morgan fingerprint density at radius 2 is 2.31 bits per heavy atom. The average molecular weight is 239 g/mol. The van der Waals surface area contributed by atoms with E-state index in [9.17, 15) is 4.79 Å². The second-order valence-corrected chi connectivity index (χ2v) is 3.51. The van der Waals surface area contributed by atoms with Crippen LogP contribution in [-0.2, 0) is 4.79 Å². The molecule has 6 nitrogen and oxygen atoms in total. The SMILES string of the molecule is CC(=O)NCCNc1nnccc1C(N)=S. The number of thiocarbonyl (C=S) groups is 1. The Labute approximate surface area is 98.6 Å². The molecule has 1 aromatic rings. The lowest BCUT2D eigenvalue weighted by Gasteiger charge is -2.08. The van der Waals surface area contributed by atoms with Crippen LogP contribution in [0.1, 0.15) is 12.5 Å². The normalized spacial score (nSPS) is 9.56. The first-order valence-electron chi connectivity index (χ1n) is 4.71. The van der Waals surface area contributed by atoms with Crippen LogP contribution in [0.3, 0.4) is 0 Å². The van der Waals surface area contributed by atoms with Gasteiger partial charge in [0.2, 0.25) is 5.91 Å². The van der Waals surface area contributed by atoms with Gasteiger partial charge in [-0.15, -0.1) is 5.10 Å². The summed E-state index contributed by atoms with van der Waals surface area (Å²) in [5.41, 5.74) is 6.17. The first kappa shape index (κ1) is 12.3. The molecule has 0 saturated carbocycles. The number of carbonyl (C=O) groups excluding carboxylic acids is 1. The fourth-order valence-electron chi connectivity index (χ4n) is 1.08. The summed E-state index contributed by atoms with van der Waals surface area (Å²) >= 11 is 4.87. The van der Waals surface area contributed by atoms with Crippen molar-refractivity contribution in [1.29, 1.82) is 0 Å². The van der Waals surface area contributed by atoms with Crippen LogP contribution < -0.4 is 16.4 Å². The molecule has 0 fully saturated rings. The van der Waals surface area contributed by atoms with Crippen molar-refractivity contribution in [3.63, 3.8) is 0 Å². The summed E-state index contributed by atoms with van der Waals surface area (Å²) in [5, 5.41) is 13.2. The van der Waals surface area contributed by atoms with Crippen molar-refractivity contribution >= 4 is 28.9 Å². The van der Waals surface area contributed by atoms with Gasteiger partial charge >= 0.3 is 0 Å². The van der Waals surface area contributed by atoms with Crippen molar-refractivity contribution in [2.75, 3.05) is 18.4 Å². The summed E-state index contributed by atoms with van der Waals surface area (Å²) < 4.78 is 0. The number of nitrogens with two attached hydrogens (primary N) is 1. The minimum absolute atomic E-state index is 0.0736. The Hall–Kier alpha value is -1.76. The molecular weight excluding hydrogens is 226 g/mol. The number of nitrogens with zero attached hydrogens (tertiary/aromatic N) is 2. The largest absolute Gasteiger partial charge is 0.389 e. The van der Waals surface area contributed by atoms with Gasteiger partial charge in [0.05, 0.1) is 11.8 Å². The van der Waals surface area contributed by atoms with Gasteiger partial charge in [0.25, 0.3) is 0 Å². The molecule has 0 spiro atoms. The minimum atomic E-state index is -0.0736. The number of carbonyl (C=O) groups is 1. The molecule has 0 radical (unpaired) electrons. The van der Waals surface area contributed by atoms with Gasteiger partial charge in [-0.25, -0.2) is 0 Å². The maximum Gasteiger partial charge on any atom is 0.216 e. The Balaban J connectivity index is 2.53. The molecular formula is C9H13N5OS. The van der Waals surface area contributed by atoms with Gasteiger partial charge in [0, 0.05) is 20.0 Å². The predicted molar refractivity (Wildman–Crippen MR) is 65.1 cm³/mol. The Kier molecular flexibility index (Phi) is 4.59. The standard InChI is InChI=1S/C9H13N5OS/c1-6(15)11-4-5-12-9-7(8(10)16)2-3-13-14-9/h2-3H,4-5H2,1H3,(H2,10,16)(H,11,15)(H,12,14). The predicted octanol–water partition coefficient (Wildman–Crippen LogP) is -0.341. The number of anilines is 1. The molecule has 0 saturated heterocycles. The number of nitrogens with one attached hydrogen (secondary N) is 2. The fraction of sp³-hybridized carbons (Fsp3) is 0.333. The third-order valence-corrected chi connectivity index (χ3v) is 2.00. The number of rotatable bonds is 5. The lowest BCUT2D eigenvalue weighted by Crippen LogP contribution is -2.27. The summed E-state index contributed by atoms with van der Waals surface area (Å²) in [6.07, 6.45) is 1.52. The third-order valence-electron chi connectivity index (χ3n) is 1.78. The highest BCUT2D eigenvalue weighted by atomic mass is 32.1. The maximum atomic E-state index is 10.6. The van der Waals surface area contributed by atoms with E-state index in [0.29, 0.717) is 24.5 Å². The molecule has 1 rings (SSSR count). The van der Waals surface area contributed by atoms with Crippen LogP contribution in [0.4, 0.5) is 5.82 Å².